The van der Waals surface area contributed by atoms with Crippen LogP contribution in [0.2, 0.25) is 0 Å². The Labute approximate surface area is 184 Å². The van der Waals surface area contributed by atoms with Crippen LogP contribution < -0.4 is 9.64 Å². The van der Waals surface area contributed by atoms with Crippen LogP contribution >= 0.6 is 0 Å². The summed E-state index contributed by atoms with van der Waals surface area (Å²) < 4.78 is 44.0. The van der Waals surface area contributed by atoms with Crippen LogP contribution in [0, 0.1) is 0 Å². The quantitative estimate of drug-likeness (QED) is 0.579. The maximum absolute atomic E-state index is 13.1. The minimum atomic E-state index is -4.41. The van der Waals surface area contributed by atoms with Crippen molar-refractivity contribution in [1.82, 2.24) is 9.88 Å². The van der Waals surface area contributed by atoms with Gasteiger partial charge in [-0.15, -0.1) is 0 Å². The summed E-state index contributed by atoms with van der Waals surface area (Å²) in [5, 5.41) is 0. The van der Waals surface area contributed by atoms with E-state index in [9.17, 15) is 18.0 Å². The van der Waals surface area contributed by atoms with Crippen LogP contribution in [0.5, 0.6) is 5.75 Å². The molecule has 1 amide bonds. The van der Waals surface area contributed by atoms with E-state index in [0.29, 0.717) is 37.6 Å². The molecule has 5 nitrogen and oxygen atoms in total. The highest BCUT2D eigenvalue weighted by Gasteiger charge is 2.31. The molecule has 0 saturated carbocycles. The Balaban J connectivity index is 1.38. The highest BCUT2D eigenvalue weighted by molar-refractivity contribution is 5.95. The summed E-state index contributed by atoms with van der Waals surface area (Å²) in [7, 11) is 0. The first kappa shape index (κ1) is 21.7. The third-order valence-electron chi connectivity index (χ3n) is 5.35. The predicted octanol–water partition coefficient (Wildman–Crippen LogP) is 4.64. The van der Waals surface area contributed by atoms with E-state index >= 15 is 0 Å². The molecule has 2 aromatic carbocycles. The molecule has 0 bridgehead atoms. The molecule has 0 unspecified atom stereocenters. The van der Waals surface area contributed by atoms with Crippen LogP contribution in [0.4, 0.5) is 19.0 Å². The average molecular weight is 441 g/mol. The number of hydrogen-bond donors (Lipinski definition) is 0. The Morgan fingerprint density at radius 2 is 1.59 bits per heavy atom. The van der Waals surface area contributed by atoms with Gasteiger partial charge in [-0.1, -0.05) is 36.4 Å². The number of alkyl halides is 3. The lowest BCUT2D eigenvalue weighted by Gasteiger charge is -2.35. The van der Waals surface area contributed by atoms with Gasteiger partial charge in [-0.25, -0.2) is 4.98 Å². The fourth-order valence-corrected chi connectivity index (χ4v) is 3.58. The van der Waals surface area contributed by atoms with Gasteiger partial charge >= 0.3 is 6.18 Å². The highest BCUT2D eigenvalue weighted by Crippen LogP contribution is 2.29. The Kier molecular flexibility index (Phi) is 6.30. The standard InChI is InChI=1S/C24H22F3N3O2/c25-24(26,27)19-10-11-22(28-16-19)29-12-14-30(15-13-29)23(31)21-9-5-4-6-18(21)17-32-20-7-2-1-3-8-20/h1-11,16H,12-15,17H2. The summed E-state index contributed by atoms with van der Waals surface area (Å²) in [6, 6.07) is 19.2. The Hall–Kier alpha value is -3.55. The molecule has 1 aliphatic heterocycles. The lowest BCUT2D eigenvalue weighted by atomic mass is 10.1. The minimum absolute atomic E-state index is 0.0858. The van der Waals surface area contributed by atoms with Crippen molar-refractivity contribution >= 4 is 11.7 Å². The van der Waals surface area contributed by atoms with Crippen LogP contribution in [0.15, 0.2) is 72.9 Å². The molecule has 0 N–H and O–H groups in total. The molecule has 0 aliphatic carbocycles. The normalized spacial score (nSPS) is 14.3. The smallest absolute Gasteiger partial charge is 0.417 e. The van der Waals surface area contributed by atoms with Crippen LogP contribution in [0.1, 0.15) is 21.5 Å². The molecule has 1 fully saturated rings. The molecular weight excluding hydrogens is 419 g/mol. The number of carbonyl (C=O) groups excluding carboxylic acids is 1. The molecule has 1 aliphatic rings. The van der Waals surface area contributed by atoms with Gasteiger partial charge in [-0.2, -0.15) is 13.2 Å². The number of halogens is 3. The number of benzene rings is 2. The lowest BCUT2D eigenvalue weighted by Crippen LogP contribution is -2.49. The number of amides is 1. The van der Waals surface area contributed by atoms with Gasteiger partial charge in [0.2, 0.25) is 0 Å². The predicted molar refractivity (Wildman–Crippen MR) is 115 cm³/mol. The number of para-hydroxylation sites is 1. The molecule has 8 heteroatoms. The topological polar surface area (TPSA) is 45.7 Å². The van der Waals surface area contributed by atoms with Gasteiger partial charge in [0.25, 0.3) is 5.91 Å². The molecule has 4 rings (SSSR count). The van der Waals surface area contributed by atoms with Gasteiger partial charge in [0.1, 0.15) is 18.2 Å². The van der Waals surface area contributed by atoms with E-state index < -0.39 is 11.7 Å². The van der Waals surface area contributed by atoms with Gasteiger partial charge in [0, 0.05) is 43.5 Å². The van der Waals surface area contributed by atoms with Gasteiger partial charge in [-0.3, -0.25) is 4.79 Å². The van der Waals surface area contributed by atoms with Gasteiger partial charge in [0.05, 0.1) is 5.56 Å². The summed E-state index contributed by atoms with van der Waals surface area (Å²) in [4.78, 5) is 20.7. The van der Waals surface area contributed by atoms with Gasteiger partial charge < -0.3 is 14.5 Å². The van der Waals surface area contributed by atoms with Gasteiger partial charge in [-0.05, 0) is 30.3 Å². The maximum Gasteiger partial charge on any atom is 0.417 e. The summed E-state index contributed by atoms with van der Waals surface area (Å²) >= 11 is 0. The number of carbonyl (C=O) groups is 1. The fraction of sp³-hybridized carbons (Fsp3) is 0.250. The number of piperazine rings is 1. The van der Waals surface area contributed by atoms with Crippen molar-refractivity contribution in [2.45, 2.75) is 12.8 Å². The maximum atomic E-state index is 13.1. The molecule has 0 spiro atoms. The second-order valence-corrected chi connectivity index (χ2v) is 7.44. The van der Waals surface area contributed by atoms with Crippen molar-refractivity contribution in [3.05, 3.63) is 89.6 Å². The zero-order valence-corrected chi connectivity index (χ0v) is 17.3. The summed E-state index contributed by atoms with van der Waals surface area (Å²) in [6.45, 7) is 2.17. The van der Waals surface area contributed by atoms with Crippen LogP contribution in [-0.4, -0.2) is 42.0 Å². The molecule has 0 radical (unpaired) electrons. The van der Waals surface area contributed by atoms with Crippen molar-refractivity contribution in [1.29, 1.82) is 0 Å². The summed E-state index contributed by atoms with van der Waals surface area (Å²) in [6.07, 6.45) is -3.57. The van der Waals surface area contributed by atoms with Crippen molar-refractivity contribution in [3.8, 4) is 5.75 Å². The Morgan fingerprint density at radius 3 is 2.25 bits per heavy atom. The monoisotopic (exact) mass is 441 g/mol. The number of aromatic nitrogens is 1. The first-order valence-electron chi connectivity index (χ1n) is 10.2. The first-order valence-corrected chi connectivity index (χ1v) is 10.2. The summed E-state index contributed by atoms with van der Waals surface area (Å²) in [5.41, 5.74) is 0.613. The fourth-order valence-electron chi connectivity index (χ4n) is 3.58. The second-order valence-electron chi connectivity index (χ2n) is 7.44. The van der Waals surface area contributed by atoms with E-state index in [1.54, 1.807) is 11.0 Å². The zero-order valence-electron chi connectivity index (χ0n) is 17.3. The van der Waals surface area contributed by atoms with E-state index in [1.807, 2.05) is 53.4 Å². The first-order chi connectivity index (χ1) is 15.4. The minimum Gasteiger partial charge on any atom is -0.489 e. The molecule has 3 aromatic rings. The number of hydrogen-bond acceptors (Lipinski definition) is 4. The third kappa shape index (κ3) is 5.01. The highest BCUT2D eigenvalue weighted by atomic mass is 19.4. The SMILES string of the molecule is O=C(c1ccccc1COc1ccccc1)N1CCN(c2ccc(C(F)(F)F)cn2)CC1. The largest absolute Gasteiger partial charge is 0.489 e. The van der Waals surface area contributed by atoms with E-state index in [4.69, 9.17) is 4.74 Å². The summed E-state index contributed by atoms with van der Waals surface area (Å²) in [5.74, 6) is 1.12. The van der Waals surface area contributed by atoms with Crippen molar-refractivity contribution < 1.29 is 22.7 Å². The van der Waals surface area contributed by atoms with E-state index in [0.717, 1.165) is 23.6 Å². The van der Waals surface area contributed by atoms with E-state index in [1.165, 1.54) is 6.07 Å². The Bertz CT molecular complexity index is 1050. The van der Waals surface area contributed by atoms with Crippen molar-refractivity contribution in [3.63, 3.8) is 0 Å². The van der Waals surface area contributed by atoms with Crippen LogP contribution in [-0.2, 0) is 12.8 Å². The number of nitrogens with zero attached hydrogens (tertiary/aromatic N) is 3. The molecule has 0 atom stereocenters. The van der Waals surface area contributed by atoms with Crippen molar-refractivity contribution in [2.24, 2.45) is 0 Å². The van der Waals surface area contributed by atoms with Crippen LogP contribution in [0.3, 0.4) is 0 Å². The van der Waals surface area contributed by atoms with E-state index in [-0.39, 0.29) is 12.5 Å². The molecule has 1 aromatic heterocycles. The molecule has 32 heavy (non-hydrogen) atoms. The average Bonchev–Trinajstić information content (AvgIpc) is 2.83. The van der Waals surface area contributed by atoms with Crippen LogP contribution in [0.25, 0.3) is 0 Å². The van der Waals surface area contributed by atoms with E-state index in [2.05, 4.69) is 4.98 Å². The molecule has 166 valence electrons. The number of ether oxygens (including phenoxy) is 1. The molecular formula is C24H22F3N3O2. The molecule has 1 saturated heterocycles. The van der Waals surface area contributed by atoms with Gasteiger partial charge in [0.15, 0.2) is 0 Å². The zero-order chi connectivity index (χ0) is 22.6. The third-order valence-corrected chi connectivity index (χ3v) is 5.35. The number of anilines is 1. The van der Waals surface area contributed by atoms with Crippen molar-refractivity contribution in [2.75, 3.05) is 31.1 Å². The Morgan fingerprint density at radius 1 is 0.906 bits per heavy atom. The number of pyridine rings is 1. The molecule has 2 heterocycles. The second kappa shape index (κ2) is 9.30. The lowest BCUT2D eigenvalue weighted by molar-refractivity contribution is -0.137. The number of rotatable bonds is 5.